The molecule has 0 spiro atoms. The molecular formula is C23H25N3O6S. The minimum absolute atomic E-state index is 0.164. The molecule has 9 nitrogen and oxygen atoms in total. The van der Waals surface area contributed by atoms with Gasteiger partial charge in [-0.05, 0) is 68.3 Å². The molecule has 0 aromatic heterocycles. The number of amides is 1. The zero-order valence-corrected chi connectivity index (χ0v) is 19.2. The Bertz CT molecular complexity index is 1130. The molecule has 0 aliphatic carbocycles. The third-order valence-corrected chi connectivity index (χ3v) is 7.34. The van der Waals surface area contributed by atoms with Gasteiger partial charge < -0.3 is 14.8 Å². The van der Waals surface area contributed by atoms with E-state index in [1.807, 2.05) is 6.07 Å². The molecule has 2 aromatic rings. The lowest BCUT2D eigenvalue weighted by Gasteiger charge is -2.30. The van der Waals surface area contributed by atoms with Crippen molar-refractivity contribution in [1.82, 2.24) is 4.31 Å². The molecule has 1 aliphatic heterocycles. The van der Waals surface area contributed by atoms with E-state index < -0.39 is 33.9 Å². The molecule has 1 N–H and O–H groups in total. The number of nitrogens with one attached hydrogen (secondary N) is 1. The number of sulfonamides is 1. The van der Waals surface area contributed by atoms with Crippen molar-refractivity contribution < 1.29 is 27.5 Å². The average Bonchev–Trinajstić information content (AvgIpc) is 2.84. The Kier molecular flexibility index (Phi) is 7.68. The molecule has 1 atom stereocenters. The Morgan fingerprint density at radius 3 is 2.24 bits per heavy atom. The van der Waals surface area contributed by atoms with Gasteiger partial charge >= 0.3 is 5.97 Å². The Labute approximate surface area is 193 Å². The van der Waals surface area contributed by atoms with E-state index in [0.717, 1.165) is 0 Å². The standard InChI is InChI=1S/C23H25N3O6S/c1-16(22(27)25-19-5-3-17(15-24)4-6-19)32-23(28)18-11-13-26(14-12-18)33(29,30)21-9-7-20(31-2)8-10-21/h3-10,16,18H,11-14H2,1-2H3,(H,25,27)/t16-/m1/s1. The Morgan fingerprint density at radius 1 is 1.09 bits per heavy atom. The number of esters is 1. The van der Waals surface area contributed by atoms with E-state index in [0.29, 0.717) is 29.8 Å². The predicted octanol–water partition coefficient (Wildman–Crippen LogP) is 2.54. The van der Waals surface area contributed by atoms with Crippen molar-refractivity contribution in [3.63, 3.8) is 0 Å². The molecule has 2 aromatic carbocycles. The van der Waals surface area contributed by atoms with Gasteiger partial charge in [-0.1, -0.05) is 0 Å². The number of rotatable bonds is 7. The van der Waals surface area contributed by atoms with Crippen LogP contribution in [0.1, 0.15) is 25.3 Å². The first-order valence-corrected chi connectivity index (χ1v) is 11.8. The van der Waals surface area contributed by atoms with E-state index in [4.69, 9.17) is 14.7 Å². The number of anilines is 1. The number of nitriles is 1. The normalized spacial score (nSPS) is 15.8. The maximum Gasteiger partial charge on any atom is 0.309 e. The van der Waals surface area contributed by atoms with Crippen molar-refractivity contribution in [3.8, 4) is 11.8 Å². The second-order valence-corrected chi connectivity index (χ2v) is 9.55. The number of hydrogen-bond acceptors (Lipinski definition) is 7. The summed E-state index contributed by atoms with van der Waals surface area (Å²) >= 11 is 0. The maximum absolute atomic E-state index is 12.8. The highest BCUT2D eigenvalue weighted by Gasteiger charge is 2.34. The highest BCUT2D eigenvalue weighted by atomic mass is 32.2. The topological polar surface area (TPSA) is 126 Å². The summed E-state index contributed by atoms with van der Waals surface area (Å²) in [5, 5.41) is 11.5. The Balaban J connectivity index is 1.51. The molecule has 10 heteroatoms. The van der Waals surface area contributed by atoms with Crippen molar-refractivity contribution in [2.45, 2.75) is 30.8 Å². The second-order valence-electron chi connectivity index (χ2n) is 7.61. The van der Waals surface area contributed by atoms with Crippen molar-refractivity contribution in [2.75, 3.05) is 25.5 Å². The lowest BCUT2D eigenvalue weighted by Crippen LogP contribution is -2.41. The summed E-state index contributed by atoms with van der Waals surface area (Å²) in [5.74, 6) is -0.947. The lowest BCUT2D eigenvalue weighted by molar-refractivity contribution is -0.158. The SMILES string of the molecule is COc1ccc(S(=O)(=O)N2CCC(C(=O)O[C@H](C)C(=O)Nc3ccc(C#N)cc3)CC2)cc1. The molecule has 1 fully saturated rings. The summed E-state index contributed by atoms with van der Waals surface area (Å²) in [6.07, 6.45) is -0.412. The molecule has 1 saturated heterocycles. The third kappa shape index (κ3) is 5.88. The van der Waals surface area contributed by atoms with E-state index in [1.54, 1.807) is 36.4 Å². The molecule has 33 heavy (non-hydrogen) atoms. The van der Waals surface area contributed by atoms with Crippen LogP contribution in [0.5, 0.6) is 5.75 Å². The van der Waals surface area contributed by atoms with E-state index >= 15 is 0 Å². The van der Waals surface area contributed by atoms with Gasteiger partial charge in [-0.15, -0.1) is 0 Å². The fourth-order valence-electron chi connectivity index (χ4n) is 3.42. The molecule has 1 heterocycles. The minimum atomic E-state index is -3.67. The van der Waals surface area contributed by atoms with E-state index in [9.17, 15) is 18.0 Å². The smallest absolute Gasteiger partial charge is 0.309 e. The van der Waals surface area contributed by atoms with Gasteiger partial charge in [-0.25, -0.2) is 8.42 Å². The largest absolute Gasteiger partial charge is 0.497 e. The summed E-state index contributed by atoms with van der Waals surface area (Å²) < 4.78 is 37.4. The van der Waals surface area contributed by atoms with Gasteiger partial charge in [0.25, 0.3) is 5.91 Å². The number of methoxy groups -OCH3 is 1. The molecule has 0 radical (unpaired) electrons. The van der Waals surface area contributed by atoms with Gasteiger partial charge in [0.15, 0.2) is 6.10 Å². The number of piperidine rings is 1. The van der Waals surface area contributed by atoms with Gasteiger partial charge in [0, 0.05) is 18.8 Å². The molecule has 0 bridgehead atoms. The zero-order chi connectivity index (χ0) is 24.0. The number of ether oxygens (including phenoxy) is 2. The molecule has 3 rings (SSSR count). The van der Waals surface area contributed by atoms with Gasteiger partial charge in [0.1, 0.15) is 5.75 Å². The summed E-state index contributed by atoms with van der Waals surface area (Å²) in [6, 6.07) is 14.5. The number of carbonyl (C=O) groups is 2. The average molecular weight is 472 g/mol. The van der Waals surface area contributed by atoms with E-state index in [2.05, 4.69) is 5.32 Å². The second kappa shape index (κ2) is 10.5. The van der Waals surface area contributed by atoms with Crippen LogP contribution in [0.2, 0.25) is 0 Å². The van der Waals surface area contributed by atoms with Crippen LogP contribution in [-0.2, 0) is 24.3 Å². The number of hydrogen-bond donors (Lipinski definition) is 1. The predicted molar refractivity (Wildman–Crippen MR) is 120 cm³/mol. The van der Waals surface area contributed by atoms with Crippen molar-refractivity contribution in [3.05, 3.63) is 54.1 Å². The molecule has 1 aliphatic rings. The van der Waals surface area contributed by atoms with E-state index in [1.165, 1.54) is 30.5 Å². The van der Waals surface area contributed by atoms with Gasteiger partial charge in [0.05, 0.1) is 29.6 Å². The van der Waals surface area contributed by atoms with Crippen LogP contribution in [0.15, 0.2) is 53.4 Å². The molecule has 1 amide bonds. The van der Waals surface area contributed by atoms with Gasteiger partial charge in [-0.3, -0.25) is 9.59 Å². The molecule has 174 valence electrons. The van der Waals surface area contributed by atoms with Crippen LogP contribution in [0.25, 0.3) is 0 Å². The molecule has 0 unspecified atom stereocenters. The van der Waals surface area contributed by atoms with E-state index in [-0.39, 0.29) is 18.0 Å². The van der Waals surface area contributed by atoms with Crippen molar-refractivity contribution >= 4 is 27.6 Å². The van der Waals surface area contributed by atoms with Crippen LogP contribution in [0, 0.1) is 17.2 Å². The fourth-order valence-corrected chi connectivity index (χ4v) is 4.89. The molecule has 0 saturated carbocycles. The summed E-state index contributed by atoms with van der Waals surface area (Å²) in [6.45, 7) is 1.83. The van der Waals surface area contributed by atoms with Crippen LogP contribution in [0.4, 0.5) is 5.69 Å². The summed E-state index contributed by atoms with van der Waals surface area (Å²) in [7, 11) is -2.17. The van der Waals surface area contributed by atoms with Crippen LogP contribution in [-0.4, -0.2) is 50.9 Å². The quantitative estimate of drug-likeness (QED) is 0.615. The Hall–Kier alpha value is -3.42. The van der Waals surface area contributed by atoms with Crippen LogP contribution < -0.4 is 10.1 Å². The number of nitrogens with zero attached hydrogens (tertiary/aromatic N) is 2. The number of carbonyl (C=O) groups excluding carboxylic acids is 2. The lowest BCUT2D eigenvalue weighted by atomic mass is 9.98. The van der Waals surface area contributed by atoms with Crippen molar-refractivity contribution in [1.29, 1.82) is 5.26 Å². The monoisotopic (exact) mass is 471 g/mol. The number of benzene rings is 2. The third-order valence-electron chi connectivity index (χ3n) is 5.43. The van der Waals surface area contributed by atoms with Crippen LogP contribution >= 0.6 is 0 Å². The Morgan fingerprint density at radius 2 is 1.70 bits per heavy atom. The summed E-state index contributed by atoms with van der Waals surface area (Å²) in [5.41, 5.74) is 0.951. The zero-order valence-electron chi connectivity index (χ0n) is 18.4. The first-order valence-electron chi connectivity index (χ1n) is 10.4. The van der Waals surface area contributed by atoms with Crippen molar-refractivity contribution in [2.24, 2.45) is 5.92 Å². The van der Waals surface area contributed by atoms with Crippen LogP contribution in [0.3, 0.4) is 0 Å². The highest BCUT2D eigenvalue weighted by Crippen LogP contribution is 2.26. The first-order chi connectivity index (χ1) is 15.7. The summed E-state index contributed by atoms with van der Waals surface area (Å²) in [4.78, 5) is 25.0. The minimum Gasteiger partial charge on any atom is -0.497 e. The van der Waals surface area contributed by atoms with Gasteiger partial charge in [-0.2, -0.15) is 9.57 Å². The molecular weight excluding hydrogens is 446 g/mol. The highest BCUT2D eigenvalue weighted by molar-refractivity contribution is 7.89. The first kappa shape index (κ1) is 24.2. The maximum atomic E-state index is 12.8. The fraction of sp³-hybridized carbons (Fsp3) is 0.348. The van der Waals surface area contributed by atoms with Gasteiger partial charge in [0.2, 0.25) is 10.0 Å².